The van der Waals surface area contributed by atoms with Crippen LogP contribution < -0.4 is 11.1 Å². The van der Waals surface area contributed by atoms with Crippen molar-refractivity contribution in [1.29, 1.82) is 0 Å². The Kier molecular flexibility index (Phi) is 5.76. The van der Waals surface area contributed by atoms with Gasteiger partial charge in [-0.05, 0) is 18.2 Å². The van der Waals surface area contributed by atoms with Gasteiger partial charge in [-0.3, -0.25) is 4.79 Å². The first-order chi connectivity index (χ1) is 8.15. The van der Waals surface area contributed by atoms with Gasteiger partial charge in [-0.2, -0.15) is 0 Å². The van der Waals surface area contributed by atoms with Crippen molar-refractivity contribution in [2.24, 2.45) is 0 Å². The number of anilines is 1. The maximum atomic E-state index is 11.7. The Morgan fingerprint density at radius 2 is 2.24 bits per heavy atom. The van der Waals surface area contributed by atoms with E-state index >= 15 is 0 Å². The first-order valence-electron chi connectivity index (χ1n) is 5.17. The molecule has 1 amide bonds. The number of ether oxygens (including phenoxy) is 1. The molecule has 4 N–H and O–H groups in total. The van der Waals surface area contributed by atoms with Gasteiger partial charge in [0, 0.05) is 12.2 Å². The van der Waals surface area contributed by atoms with Gasteiger partial charge in [-0.15, -0.1) is 0 Å². The highest BCUT2D eigenvalue weighted by Gasteiger charge is 2.09. The zero-order valence-corrected chi connectivity index (χ0v) is 10.0. The van der Waals surface area contributed by atoms with E-state index in [0.29, 0.717) is 29.4 Å². The highest BCUT2D eigenvalue weighted by atomic mass is 35.5. The summed E-state index contributed by atoms with van der Waals surface area (Å²) in [5.74, 6) is -0.296. The van der Waals surface area contributed by atoms with Gasteiger partial charge in [0.1, 0.15) is 0 Å². The van der Waals surface area contributed by atoms with Crippen LogP contribution in [0.2, 0.25) is 5.02 Å². The zero-order valence-electron chi connectivity index (χ0n) is 9.28. The smallest absolute Gasteiger partial charge is 0.252 e. The third-order valence-electron chi connectivity index (χ3n) is 2.00. The lowest BCUT2D eigenvalue weighted by atomic mass is 10.2. The van der Waals surface area contributed by atoms with Crippen molar-refractivity contribution in [2.45, 2.75) is 0 Å². The summed E-state index contributed by atoms with van der Waals surface area (Å²) in [5.41, 5.74) is 6.39. The molecule has 0 aromatic heterocycles. The Bertz CT molecular complexity index is 385. The SMILES string of the molecule is Nc1ccc(Cl)c(C(=O)NCCOCCO)c1. The fraction of sp³-hybridized carbons (Fsp3) is 0.364. The maximum absolute atomic E-state index is 11.7. The number of carbonyl (C=O) groups excluding carboxylic acids is 1. The van der Waals surface area contributed by atoms with Crippen LogP contribution in [0.4, 0.5) is 5.69 Å². The third kappa shape index (κ3) is 4.60. The van der Waals surface area contributed by atoms with Gasteiger partial charge in [0.2, 0.25) is 0 Å². The van der Waals surface area contributed by atoms with Gasteiger partial charge >= 0.3 is 0 Å². The number of hydrogen-bond donors (Lipinski definition) is 3. The molecule has 0 radical (unpaired) electrons. The molecule has 0 fully saturated rings. The van der Waals surface area contributed by atoms with Crippen molar-refractivity contribution in [3.63, 3.8) is 0 Å². The van der Waals surface area contributed by atoms with E-state index in [9.17, 15) is 4.79 Å². The molecule has 1 rings (SSSR count). The number of benzene rings is 1. The molecule has 0 aliphatic rings. The number of carbonyl (C=O) groups is 1. The number of halogens is 1. The Morgan fingerprint density at radius 3 is 2.94 bits per heavy atom. The van der Waals surface area contributed by atoms with E-state index in [0.717, 1.165) is 0 Å². The third-order valence-corrected chi connectivity index (χ3v) is 2.33. The van der Waals surface area contributed by atoms with Crippen LogP contribution in [0.15, 0.2) is 18.2 Å². The first-order valence-corrected chi connectivity index (χ1v) is 5.54. The topological polar surface area (TPSA) is 84.6 Å². The van der Waals surface area contributed by atoms with Crippen molar-refractivity contribution in [3.8, 4) is 0 Å². The zero-order chi connectivity index (χ0) is 12.7. The van der Waals surface area contributed by atoms with E-state index in [1.165, 1.54) is 6.07 Å². The number of rotatable bonds is 6. The Labute approximate surface area is 105 Å². The first kappa shape index (κ1) is 13.8. The molecular formula is C11H15ClN2O3. The minimum absolute atomic E-state index is 0.0327. The summed E-state index contributed by atoms with van der Waals surface area (Å²) < 4.78 is 5.00. The van der Waals surface area contributed by atoms with Gasteiger partial charge in [0.25, 0.3) is 5.91 Å². The van der Waals surface area contributed by atoms with Crippen LogP contribution in [0.25, 0.3) is 0 Å². The molecule has 0 bridgehead atoms. The molecule has 0 aliphatic heterocycles. The summed E-state index contributed by atoms with van der Waals surface area (Å²) in [6.07, 6.45) is 0. The molecule has 5 nitrogen and oxygen atoms in total. The molecule has 0 heterocycles. The van der Waals surface area contributed by atoms with Gasteiger partial charge in [-0.1, -0.05) is 11.6 Å². The van der Waals surface area contributed by atoms with E-state index < -0.39 is 0 Å². The standard InChI is InChI=1S/C11H15ClN2O3/c12-10-2-1-8(13)7-9(10)11(16)14-3-5-17-6-4-15/h1-2,7,15H,3-6,13H2,(H,14,16). The van der Waals surface area contributed by atoms with Crippen LogP contribution in [0.5, 0.6) is 0 Å². The maximum Gasteiger partial charge on any atom is 0.252 e. The summed E-state index contributed by atoms with van der Waals surface area (Å²) in [7, 11) is 0. The number of nitrogens with two attached hydrogens (primary N) is 1. The van der Waals surface area contributed by atoms with Crippen molar-refractivity contribution in [3.05, 3.63) is 28.8 Å². The summed E-state index contributed by atoms with van der Waals surface area (Å²) in [5, 5.41) is 11.5. The fourth-order valence-electron chi connectivity index (χ4n) is 1.22. The van der Waals surface area contributed by atoms with Gasteiger partial charge < -0.3 is 20.9 Å². The molecule has 6 heteroatoms. The predicted octanol–water partition coefficient (Wildman–Crippen LogP) is 0.661. The molecular weight excluding hydrogens is 244 g/mol. The molecule has 0 unspecified atom stereocenters. The molecule has 1 aromatic rings. The number of nitrogens with one attached hydrogen (secondary N) is 1. The van der Waals surface area contributed by atoms with Crippen molar-refractivity contribution >= 4 is 23.2 Å². The summed E-state index contributed by atoms with van der Waals surface area (Å²) >= 11 is 5.87. The average Bonchev–Trinajstić information content (AvgIpc) is 2.32. The largest absolute Gasteiger partial charge is 0.399 e. The second kappa shape index (κ2) is 7.11. The quantitative estimate of drug-likeness (QED) is 0.517. The second-order valence-electron chi connectivity index (χ2n) is 3.33. The highest BCUT2D eigenvalue weighted by molar-refractivity contribution is 6.34. The normalized spacial score (nSPS) is 10.2. The summed E-state index contributed by atoms with van der Waals surface area (Å²) in [4.78, 5) is 11.7. The van der Waals surface area contributed by atoms with Crippen LogP contribution in [0, 0.1) is 0 Å². The second-order valence-corrected chi connectivity index (χ2v) is 3.74. The molecule has 0 atom stereocenters. The number of hydrogen-bond acceptors (Lipinski definition) is 4. The molecule has 17 heavy (non-hydrogen) atoms. The Morgan fingerprint density at radius 1 is 1.47 bits per heavy atom. The lowest BCUT2D eigenvalue weighted by Crippen LogP contribution is -2.27. The van der Waals surface area contributed by atoms with Crippen LogP contribution in [-0.4, -0.2) is 37.4 Å². The highest BCUT2D eigenvalue weighted by Crippen LogP contribution is 2.18. The van der Waals surface area contributed by atoms with E-state index in [1.54, 1.807) is 12.1 Å². The van der Waals surface area contributed by atoms with Crippen molar-refractivity contribution in [2.75, 3.05) is 32.1 Å². The average molecular weight is 259 g/mol. The fourth-order valence-corrected chi connectivity index (χ4v) is 1.42. The van der Waals surface area contributed by atoms with Gasteiger partial charge in [0.05, 0.1) is 30.4 Å². The molecule has 0 saturated carbocycles. The lowest BCUT2D eigenvalue weighted by molar-refractivity contribution is 0.0838. The minimum atomic E-state index is -0.296. The van der Waals surface area contributed by atoms with E-state index in [-0.39, 0.29) is 19.1 Å². The molecule has 0 spiro atoms. The number of aliphatic hydroxyl groups excluding tert-OH is 1. The van der Waals surface area contributed by atoms with Crippen LogP contribution in [0.3, 0.4) is 0 Å². The Balaban J connectivity index is 2.44. The number of aliphatic hydroxyl groups is 1. The summed E-state index contributed by atoms with van der Waals surface area (Å²) in [6, 6.07) is 4.73. The number of amides is 1. The summed E-state index contributed by atoms with van der Waals surface area (Å²) in [6.45, 7) is 0.917. The molecule has 1 aromatic carbocycles. The van der Waals surface area contributed by atoms with Crippen LogP contribution >= 0.6 is 11.6 Å². The van der Waals surface area contributed by atoms with Gasteiger partial charge in [-0.25, -0.2) is 0 Å². The monoisotopic (exact) mass is 258 g/mol. The van der Waals surface area contributed by atoms with E-state index in [1.807, 2.05) is 0 Å². The van der Waals surface area contributed by atoms with E-state index in [4.69, 9.17) is 27.2 Å². The molecule has 0 aliphatic carbocycles. The minimum Gasteiger partial charge on any atom is -0.399 e. The Hall–Kier alpha value is -1.30. The predicted molar refractivity (Wildman–Crippen MR) is 66.1 cm³/mol. The van der Waals surface area contributed by atoms with Gasteiger partial charge in [0.15, 0.2) is 0 Å². The van der Waals surface area contributed by atoms with Crippen molar-refractivity contribution in [1.82, 2.24) is 5.32 Å². The molecule has 94 valence electrons. The molecule has 0 saturated heterocycles. The number of nitrogen functional groups attached to an aromatic ring is 1. The lowest BCUT2D eigenvalue weighted by Gasteiger charge is -2.07. The van der Waals surface area contributed by atoms with Crippen molar-refractivity contribution < 1.29 is 14.6 Å². The van der Waals surface area contributed by atoms with Crippen LogP contribution in [0.1, 0.15) is 10.4 Å². The van der Waals surface area contributed by atoms with E-state index in [2.05, 4.69) is 5.32 Å². The van der Waals surface area contributed by atoms with Crippen LogP contribution in [-0.2, 0) is 4.74 Å².